The minimum atomic E-state index is -3.61. The van der Waals surface area contributed by atoms with Crippen LogP contribution in [0.2, 0.25) is 0 Å². The first kappa shape index (κ1) is 16.9. The van der Waals surface area contributed by atoms with Gasteiger partial charge in [-0.05, 0) is 38.3 Å². The molecule has 20 heavy (non-hydrogen) atoms. The third-order valence-electron chi connectivity index (χ3n) is 2.97. The zero-order valence-electron chi connectivity index (χ0n) is 12.3. The predicted molar refractivity (Wildman–Crippen MR) is 82.2 cm³/mol. The van der Waals surface area contributed by atoms with E-state index in [2.05, 4.69) is 13.0 Å². The number of hydrogen-bond acceptors (Lipinski definition) is 3. The summed E-state index contributed by atoms with van der Waals surface area (Å²) in [6, 6.07) is 6.68. The molecule has 0 atom stereocenters. The molecular weight excluding hydrogens is 272 g/mol. The zero-order valence-corrected chi connectivity index (χ0v) is 13.2. The van der Waals surface area contributed by atoms with E-state index in [1.807, 2.05) is 13.0 Å². The average Bonchev–Trinajstić information content (AvgIpc) is 2.42. The summed E-state index contributed by atoms with van der Waals surface area (Å²) in [5.74, 6) is 0. The smallest absolute Gasteiger partial charge is 0.266 e. The quantitative estimate of drug-likeness (QED) is 0.389. The second-order valence-electron chi connectivity index (χ2n) is 4.85. The fraction of sp³-hybridized carbons (Fsp3) is 0.500. The van der Waals surface area contributed by atoms with Crippen molar-refractivity contribution in [3.05, 3.63) is 42.0 Å². The highest BCUT2D eigenvalue weighted by atomic mass is 32.2. The van der Waals surface area contributed by atoms with Gasteiger partial charge in [0.2, 0.25) is 0 Å². The van der Waals surface area contributed by atoms with Crippen LogP contribution in [0.3, 0.4) is 0 Å². The maximum absolute atomic E-state index is 11.9. The molecule has 0 aliphatic rings. The van der Waals surface area contributed by atoms with E-state index in [1.165, 1.54) is 19.3 Å². The summed E-state index contributed by atoms with van der Waals surface area (Å²) in [7, 11) is -3.61. The standard InChI is InChI=1S/C16H24O3S/c1-3-4-5-6-7-8-9-14-19-20(17,18)16-12-10-15(2)11-13-16/h7-8,10-13H,3-6,9,14H2,1-2H3/b8-7-. The van der Waals surface area contributed by atoms with E-state index in [1.54, 1.807) is 24.3 Å². The molecule has 0 saturated heterocycles. The van der Waals surface area contributed by atoms with Gasteiger partial charge < -0.3 is 0 Å². The Labute approximate surface area is 122 Å². The number of allylic oxidation sites excluding steroid dienone is 1. The molecule has 0 aliphatic carbocycles. The van der Waals surface area contributed by atoms with Crippen molar-refractivity contribution in [2.45, 2.75) is 50.8 Å². The van der Waals surface area contributed by atoms with Gasteiger partial charge in [0, 0.05) is 0 Å². The molecule has 112 valence electrons. The number of aryl methyl sites for hydroxylation is 1. The summed E-state index contributed by atoms with van der Waals surface area (Å²) < 4.78 is 28.7. The summed E-state index contributed by atoms with van der Waals surface area (Å²) >= 11 is 0. The van der Waals surface area contributed by atoms with Gasteiger partial charge in [0.05, 0.1) is 11.5 Å². The van der Waals surface area contributed by atoms with Crippen LogP contribution in [0.15, 0.2) is 41.3 Å². The van der Waals surface area contributed by atoms with Crippen molar-refractivity contribution in [2.24, 2.45) is 0 Å². The minimum absolute atomic E-state index is 0.195. The molecule has 3 nitrogen and oxygen atoms in total. The normalized spacial score (nSPS) is 12.1. The lowest BCUT2D eigenvalue weighted by molar-refractivity contribution is 0.324. The largest absolute Gasteiger partial charge is 0.296 e. The maximum Gasteiger partial charge on any atom is 0.296 e. The topological polar surface area (TPSA) is 43.4 Å². The predicted octanol–water partition coefficient (Wildman–Crippen LogP) is 4.23. The van der Waals surface area contributed by atoms with Gasteiger partial charge in [0.25, 0.3) is 10.1 Å². The van der Waals surface area contributed by atoms with Crippen molar-refractivity contribution in [1.29, 1.82) is 0 Å². The van der Waals surface area contributed by atoms with E-state index in [0.717, 1.165) is 12.0 Å². The van der Waals surface area contributed by atoms with Crippen LogP contribution in [0.1, 0.15) is 44.6 Å². The highest BCUT2D eigenvalue weighted by molar-refractivity contribution is 7.86. The highest BCUT2D eigenvalue weighted by Gasteiger charge is 2.13. The van der Waals surface area contributed by atoms with E-state index < -0.39 is 10.1 Å². The fourth-order valence-corrected chi connectivity index (χ4v) is 2.67. The Morgan fingerprint density at radius 1 is 1.05 bits per heavy atom. The van der Waals surface area contributed by atoms with Gasteiger partial charge in [-0.25, -0.2) is 0 Å². The van der Waals surface area contributed by atoms with E-state index in [4.69, 9.17) is 4.18 Å². The maximum atomic E-state index is 11.9. The molecule has 0 aliphatic heterocycles. The number of unbranched alkanes of at least 4 members (excludes halogenated alkanes) is 3. The number of benzene rings is 1. The van der Waals surface area contributed by atoms with Crippen LogP contribution in [-0.4, -0.2) is 15.0 Å². The molecule has 0 amide bonds. The first-order chi connectivity index (χ1) is 9.56. The van der Waals surface area contributed by atoms with E-state index in [0.29, 0.717) is 6.42 Å². The zero-order chi connectivity index (χ0) is 14.8. The summed E-state index contributed by atoms with van der Waals surface area (Å²) in [5, 5.41) is 0. The lowest BCUT2D eigenvalue weighted by Gasteiger charge is -2.04. The Hall–Kier alpha value is -1.13. The Morgan fingerprint density at radius 3 is 2.35 bits per heavy atom. The minimum Gasteiger partial charge on any atom is -0.266 e. The molecular formula is C16H24O3S. The molecule has 4 heteroatoms. The summed E-state index contributed by atoms with van der Waals surface area (Å²) in [6.07, 6.45) is 9.40. The monoisotopic (exact) mass is 296 g/mol. The van der Waals surface area contributed by atoms with Crippen LogP contribution < -0.4 is 0 Å². The van der Waals surface area contributed by atoms with Gasteiger partial charge in [-0.1, -0.05) is 49.6 Å². The van der Waals surface area contributed by atoms with Gasteiger partial charge in [0.1, 0.15) is 0 Å². The van der Waals surface area contributed by atoms with Crippen molar-refractivity contribution < 1.29 is 12.6 Å². The van der Waals surface area contributed by atoms with Gasteiger partial charge in [-0.2, -0.15) is 8.42 Å². The molecule has 0 saturated carbocycles. The van der Waals surface area contributed by atoms with Crippen LogP contribution >= 0.6 is 0 Å². The summed E-state index contributed by atoms with van der Waals surface area (Å²) in [4.78, 5) is 0.218. The van der Waals surface area contributed by atoms with Gasteiger partial charge in [-0.3, -0.25) is 4.18 Å². The van der Waals surface area contributed by atoms with Crippen molar-refractivity contribution in [1.82, 2.24) is 0 Å². The lowest BCUT2D eigenvalue weighted by Crippen LogP contribution is -2.07. The molecule has 0 heterocycles. The van der Waals surface area contributed by atoms with E-state index in [9.17, 15) is 8.42 Å². The fourth-order valence-electron chi connectivity index (χ4n) is 1.75. The van der Waals surface area contributed by atoms with Crippen LogP contribution in [-0.2, 0) is 14.3 Å². The highest BCUT2D eigenvalue weighted by Crippen LogP contribution is 2.13. The molecule has 0 radical (unpaired) electrons. The Kier molecular flexibility index (Phi) is 7.55. The first-order valence-electron chi connectivity index (χ1n) is 7.17. The second kappa shape index (κ2) is 8.93. The van der Waals surface area contributed by atoms with Crippen molar-refractivity contribution in [3.8, 4) is 0 Å². The summed E-state index contributed by atoms with van der Waals surface area (Å²) in [5.41, 5.74) is 1.03. The summed E-state index contributed by atoms with van der Waals surface area (Å²) in [6.45, 7) is 4.29. The third kappa shape index (κ3) is 6.35. The van der Waals surface area contributed by atoms with E-state index >= 15 is 0 Å². The molecule has 0 fully saturated rings. The number of hydrogen-bond donors (Lipinski definition) is 0. The second-order valence-corrected chi connectivity index (χ2v) is 6.46. The molecule has 0 unspecified atom stereocenters. The van der Waals surface area contributed by atoms with Crippen LogP contribution in [0.25, 0.3) is 0 Å². The van der Waals surface area contributed by atoms with E-state index in [-0.39, 0.29) is 11.5 Å². The van der Waals surface area contributed by atoms with Crippen LogP contribution in [0.4, 0.5) is 0 Å². The van der Waals surface area contributed by atoms with Gasteiger partial charge >= 0.3 is 0 Å². The van der Waals surface area contributed by atoms with Crippen molar-refractivity contribution in [2.75, 3.05) is 6.61 Å². The van der Waals surface area contributed by atoms with Crippen molar-refractivity contribution in [3.63, 3.8) is 0 Å². The molecule has 0 N–H and O–H groups in total. The average molecular weight is 296 g/mol. The number of rotatable bonds is 9. The first-order valence-corrected chi connectivity index (χ1v) is 8.58. The molecule has 1 aromatic rings. The van der Waals surface area contributed by atoms with Crippen molar-refractivity contribution >= 4 is 10.1 Å². The molecule has 0 bridgehead atoms. The molecule has 1 aromatic carbocycles. The van der Waals surface area contributed by atoms with Crippen LogP contribution in [0, 0.1) is 6.92 Å². The molecule has 0 aromatic heterocycles. The Bertz CT molecular complexity index is 501. The van der Waals surface area contributed by atoms with Crippen LogP contribution in [0.5, 0.6) is 0 Å². The SMILES string of the molecule is CCCCC/C=C\CCOS(=O)(=O)c1ccc(C)cc1. The third-order valence-corrected chi connectivity index (χ3v) is 4.30. The molecule has 0 spiro atoms. The Morgan fingerprint density at radius 2 is 1.70 bits per heavy atom. The lowest BCUT2D eigenvalue weighted by atomic mass is 10.2. The molecule has 1 rings (SSSR count). The van der Waals surface area contributed by atoms with Gasteiger partial charge in [0.15, 0.2) is 0 Å². The Balaban J connectivity index is 2.32. The van der Waals surface area contributed by atoms with Gasteiger partial charge in [-0.15, -0.1) is 0 Å².